The number of benzene rings is 1. The Balaban J connectivity index is 1.41. The summed E-state index contributed by atoms with van der Waals surface area (Å²) in [6.45, 7) is 0.719. The van der Waals surface area contributed by atoms with Gasteiger partial charge in [-0.25, -0.2) is 0 Å². The molecule has 1 fully saturated rings. The highest BCUT2D eigenvalue weighted by Gasteiger charge is 2.35. The predicted molar refractivity (Wildman–Crippen MR) is 110 cm³/mol. The predicted octanol–water partition coefficient (Wildman–Crippen LogP) is 2.37. The van der Waals surface area contributed by atoms with Crippen molar-refractivity contribution in [2.24, 2.45) is 0 Å². The SMILES string of the molecule is CN(C)c1ccc(C(=O)NC2CC(c3nc(-c4cccnc4)no3)N(C)C2)cc1. The normalized spacial score (nSPS) is 19.3. The molecular formula is C21H24N6O2. The lowest BCUT2D eigenvalue weighted by Crippen LogP contribution is -2.36. The molecule has 29 heavy (non-hydrogen) atoms. The third-order valence-electron chi connectivity index (χ3n) is 5.18. The molecule has 1 saturated heterocycles. The van der Waals surface area contributed by atoms with E-state index in [1.54, 1.807) is 12.4 Å². The maximum atomic E-state index is 12.6. The number of likely N-dealkylation sites (N-methyl/N-ethyl adjacent to an activating group) is 1. The van der Waals surface area contributed by atoms with Gasteiger partial charge in [0, 0.05) is 55.9 Å². The van der Waals surface area contributed by atoms with Gasteiger partial charge in [0.2, 0.25) is 11.7 Å². The molecule has 0 spiro atoms. The number of nitrogens with one attached hydrogen (secondary N) is 1. The van der Waals surface area contributed by atoms with Gasteiger partial charge in [0.25, 0.3) is 5.91 Å². The van der Waals surface area contributed by atoms with Crippen LogP contribution in [-0.2, 0) is 0 Å². The van der Waals surface area contributed by atoms with Crippen LogP contribution in [0, 0.1) is 0 Å². The number of carbonyl (C=O) groups is 1. The minimum absolute atomic E-state index is 0.0137. The number of nitrogens with zero attached hydrogens (tertiary/aromatic N) is 5. The van der Waals surface area contributed by atoms with Gasteiger partial charge in [0.05, 0.1) is 6.04 Å². The van der Waals surface area contributed by atoms with E-state index in [9.17, 15) is 4.79 Å². The summed E-state index contributed by atoms with van der Waals surface area (Å²) in [7, 11) is 5.94. The van der Waals surface area contributed by atoms with Crippen LogP contribution in [0.4, 0.5) is 5.69 Å². The Morgan fingerprint density at radius 3 is 2.72 bits per heavy atom. The number of anilines is 1. The summed E-state index contributed by atoms with van der Waals surface area (Å²) in [5.41, 5.74) is 2.52. The van der Waals surface area contributed by atoms with Gasteiger partial charge >= 0.3 is 0 Å². The van der Waals surface area contributed by atoms with Crippen LogP contribution in [0.3, 0.4) is 0 Å². The van der Waals surface area contributed by atoms with Crippen molar-refractivity contribution in [3.05, 3.63) is 60.2 Å². The highest BCUT2D eigenvalue weighted by Crippen LogP contribution is 2.31. The van der Waals surface area contributed by atoms with Crippen LogP contribution >= 0.6 is 0 Å². The summed E-state index contributed by atoms with van der Waals surface area (Å²) < 4.78 is 5.50. The standard InChI is InChI=1S/C21H24N6O2/c1-26(2)17-8-6-14(7-9-17)20(28)23-16-11-18(27(3)13-16)21-24-19(25-29-21)15-5-4-10-22-12-15/h4-10,12,16,18H,11,13H2,1-3H3,(H,23,28). The van der Waals surface area contributed by atoms with Crippen molar-refractivity contribution in [1.82, 2.24) is 25.3 Å². The first kappa shape index (κ1) is 19.1. The minimum atomic E-state index is -0.0732. The van der Waals surface area contributed by atoms with Gasteiger partial charge in [-0.15, -0.1) is 0 Å². The highest BCUT2D eigenvalue weighted by atomic mass is 16.5. The molecule has 0 saturated carbocycles. The topological polar surface area (TPSA) is 87.4 Å². The lowest BCUT2D eigenvalue weighted by atomic mass is 10.1. The van der Waals surface area contributed by atoms with Crippen LogP contribution < -0.4 is 10.2 Å². The zero-order chi connectivity index (χ0) is 20.4. The average molecular weight is 392 g/mol. The van der Waals surface area contributed by atoms with E-state index in [0.29, 0.717) is 23.7 Å². The quantitative estimate of drug-likeness (QED) is 0.713. The molecule has 0 bridgehead atoms. The van der Waals surface area contributed by atoms with Crippen molar-refractivity contribution < 1.29 is 9.32 Å². The summed E-state index contributed by atoms with van der Waals surface area (Å²) in [6.07, 6.45) is 4.13. The number of hydrogen-bond donors (Lipinski definition) is 1. The molecule has 1 aliphatic rings. The van der Waals surface area contributed by atoms with Gasteiger partial charge < -0.3 is 14.7 Å². The van der Waals surface area contributed by atoms with Gasteiger partial charge in [-0.05, 0) is 49.9 Å². The van der Waals surface area contributed by atoms with E-state index in [1.807, 2.05) is 62.4 Å². The molecule has 150 valence electrons. The molecule has 8 nitrogen and oxygen atoms in total. The third-order valence-corrected chi connectivity index (χ3v) is 5.18. The number of rotatable bonds is 5. The van der Waals surface area contributed by atoms with Gasteiger partial charge in [-0.3, -0.25) is 14.7 Å². The first-order chi connectivity index (χ1) is 14.0. The molecule has 1 aromatic carbocycles. The van der Waals surface area contributed by atoms with Crippen LogP contribution in [0.15, 0.2) is 53.3 Å². The smallest absolute Gasteiger partial charge is 0.251 e. The zero-order valence-corrected chi connectivity index (χ0v) is 16.7. The number of carbonyl (C=O) groups excluding carboxylic acids is 1. The number of pyridine rings is 1. The summed E-state index contributed by atoms with van der Waals surface area (Å²) >= 11 is 0. The molecule has 3 aromatic rings. The van der Waals surface area contributed by atoms with E-state index in [1.165, 1.54) is 0 Å². The average Bonchev–Trinajstić information content (AvgIpc) is 3.35. The van der Waals surface area contributed by atoms with Crippen LogP contribution in [0.1, 0.15) is 28.7 Å². The second-order valence-electron chi connectivity index (χ2n) is 7.50. The van der Waals surface area contributed by atoms with Crippen molar-refractivity contribution in [3.63, 3.8) is 0 Å². The molecular weight excluding hydrogens is 368 g/mol. The molecule has 1 aliphatic heterocycles. The van der Waals surface area contributed by atoms with Crippen molar-refractivity contribution >= 4 is 11.6 Å². The molecule has 3 heterocycles. The van der Waals surface area contributed by atoms with E-state index in [2.05, 4.69) is 25.3 Å². The van der Waals surface area contributed by atoms with E-state index < -0.39 is 0 Å². The number of likely N-dealkylation sites (tertiary alicyclic amines) is 1. The van der Waals surface area contributed by atoms with Crippen LogP contribution in [0.25, 0.3) is 11.4 Å². The fourth-order valence-electron chi connectivity index (χ4n) is 3.56. The molecule has 8 heteroatoms. The minimum Gasteiger partial charge on any atom is -0.378 e. The maximum absolute atomic E-state index is 12.6. The fourth-order valence-corrected chi connectivity index (χ4v) is 3.56. The largest absolute Gasteiger partial charge is 0.378 e. The third kappa shape index (κ3) is 4.12. The van der Waals surface area contributed by atoms with Crippen LogP contribution in [-0.4, -0.2) is 59.7 Å². The van der Waals surface area contributed by atoms with Gasteiger partial charge in [0.1, 0.15) is 0 Å². The van der Waals surface area contributed by atoms with Crippen LogP contribution in [0.5, 0.6) is 0 Å². The highest BCUT2D eigenvalue weighted by molar-refractivity contribution is 5.94. The molecule has 1 amide bonds. The fraction of sp³-hybridized carbons (Fsp3) is 0.333. The van der Waals surface area contributed by atoms with Crippen molar-refractivity contribution in [1.29, 1.82) is 0 Å². The lowest BCUT2D eigenvalue weighted by Gasteiger charge is -2.15. The van der Waals surface area contributed by atoms with E-state index in [0.717, 1.165) is 17.8 Å². The zero-order valence-electron chi connectivity index (χ0n) is 16.7. The molecule has 2 unspecified atom stereocenters. The maximum Gasteiger partial charge on any atom is 0.251 e. The second kappa shape index (κ2) is 8.00. The van der Waals surface area contributed by atoms with Crippen molar-refractivity contribution in [3.8, 4) is 11.4 Å². The summed E-state index contributed by atoms with van der Waals surface area (Å²) in [6, 6.07) is 11.3. The first-order valence-electron chi connectivity index (χ1n) is 9.54. The Labute approximate surface area is 169 Å². The Morgan fingerprint density at radius 1 is 1.24 bits per heavy atom. The Hall–Kier alpha value is -3.26. The van der Waals surface area contributed by atoms with Gasteiger partial charge in [0.15, 0.2) is 0 Å². The number of hydrogen-bond acceptors (Lipinski definition) is 7. The summed E-state index contributed by atoms with van der Waals surface area (Å²) in [4.78, 5) is 25.4. The Morgan fingerprint density at radius 2 is 2.03 bits per heavy atom. The summed E-state index contributed by atoms with van der Waals surface area (Å²) in [5, 5.41) is 7.20. The number of aromatic nitrogens is 3. The molecule has 4 rings (SSSR count). The molecule has 0 aliphatic carbocycles. The Kier molecular flexibility index (Phi) is 5.26. The van der Waals surface area contributed by atoms with Crippen molar-refractivity contribution in [2.75, 3.05) is 32.6 Å². The Bertz CT molecular complexity index is 970. The second-order valence-corrected chi connectivity index (χ2v) is 7.50. The number of amides is 1. The van der Waals surface area contributed by atoms with E-state index >= 15 is 0 Å². The van der Waals surface area contributed by atoms with Crippen molar-refractivity contribution in [2.45, 2.75) is 18.5 Å². The first-order valence-corrected chi connectivity index (χ1v) is 9.54. The molecule has 1 N–H and O–H groups in total. The van der Waals surface area contributed by atoms with E-state index in [4.69, 9.17) is 4.52 Å². The van der Waals surface area contributed by atoms with Crippen LogP contribution in [0.2, 0.25) is 0 Å². The van der Waals surface area contributed by atoms with Gasteiger partial charge in [-0.2, -0.15) is 4.98 Å². The van der Waals surface area contributed by atoms with E-state index in [-0.39, 0.29) is 18.0 Å². The lowest BCUT2D eigenvalue weighted by molar-refractivity contribution is 0.0938. The summed E-state index contributed by atoms with van der Waals surface area (Å²) in [5.74, 6) is 1.00. The molecule has 2 atom stereocenters. The molecule has 0 radical (unpaired) electrons. The monoisotopic (exact) mass is 392 g/mol. The van der Waals surface area contributed by atoms with Gasteiger partial charge in [-0.1, -0.05) is 5.16 Å². The molecule has 2 aromatic heterocycles.